The lowest BCUT2D eigenvalue weighted by Crippen LogP contribution is -2.30. The summed E-state index contributed by atoms with van der Waals surface area (Å²) in [6.45, 7) is 9.01. The van der Waals surface area contributed by atoms with E-state index >= 15 is 0 Å². The molecule has 0 aromatic rings. The van der Waals surface area contributed by atoms with Crippen LogP contribution >= 0.6 is 0 Å². The molecule has 0 saturated heterocycles. The van der Waals surface area contributed by atoms with Gasteiger partial charge in [0.15, 0.2) is 6.10 Å². The third-order valence-corrected chi connectivity index (χ3v) is 12.7. The summed E-state index contributed by atoms with van der Waals surface area (Å²) in [5.74, 6) is -0.0315. The number of rotatable bonds is 49. The molecule has 0 aromatic carbocycles. The van der Waals surface area contributed by atoms with Crippen LogP contribution in [0.1, 0.15) is 304 Å². The first-order valence-electron chi connectivity index (χ1n) is 26.9. The van der Waals surface area contributed by atoms with Gasteiger partial charge >= 0.3 is 17.9 Å². The standard InChI is InChI=1S/C54H104O6/c1-5-8-10-12-14-16-18-20-21-22-23-24-25-27-28-30-32-37-41-45-52(55)58-48-51(49-59-53(56)46-42-38-35-34-36-40-44-50(4)7-3)60-54(57)47-43-39-33-31-29-26-19-17-15-13-11-9-6-2/h50-51H,5-49H2,1-4H3/t50?,51-/m1/s1. The van der Waals surface area contributed by atoms with Crippen LogP contribution < -0.4 is 0 Å². The van der Waals surface area contributed by atoms with Gasteiger partial charge in [-0.25, -0.2) is 0 Å². The molecule has 0 spiro atoms. The zero-order valence-corrected chi connectivity index (χ0v) is 40.9. The minimum Gasteiger partial charge on any atom is -0.462 e. The highest BCUT2D eigenvalue weighted by Crippen LogP contribution is 2.18. The maximum absolute atomic E-state index is 12.8. The van der Waals surface area contributed by atoms with Crippen LogP contribution in [0.3, 0.4) is 0 Å². The molecule has 0 heterocycles. The normalized spacial score (nSPS) is 12.4. The molecule has 0 amide bonds. The van der Waals surface area contributed by atoms with Gasteiger partial charge in [-0.3, -0.25) is 14.4 Å². The number of carbonyl (C=O) groups is 3. The second kappa shape index (κ2) is 48.4. The lowest BCUT2D eigenvalue weighted by atomic mass is 10.00. The van der Waals surface area contributed by atoms with E-state index in [1.54, 1.807) is 0 Å². The third-order valence-electron chi connectivity index (χ3n) is 12.7. The first-order valence-corrected chi connectivity index (χ1v) is 26.9. The molecule has 0 aliphatic rings. The molecule has 0 fully saturated rings. The van der Waals surface area contributed by atoms with Gasteiger partial charge in [-0.1, -0.05) is 265 Å². The monoisotopic (exact) mass is 849 g/mol. The molecule has 0 aliphatic heterocycles. The Bertz CT molecular complexity index is 905. The van der Waals surface area contributed by atoms with Crippen molar-refractivity contribution in [3.8, 4) is 0 Å². The molecule has 0 aliphatic carbocycles. The topological polar surface area (TPSA) is 78.9 Å². The lowest BCUT2D eigenvalue weighted by molar-refractivity contribution is -0.167. The Labute approximate surface area is 374 Å². The van der Waals surface area contributed by atoms with E-state index in [1.165, 1.54) is 199 Å². The van der Waals surface area contributed by atoms with Crippen molar-refractivity contribution in [1.82, 2.24) is 0 Å². The van der Waals surface area contributed by atoms with Crippen LogP contribution in [0.5, 0.6) is 0 Å². The van der Waals surface area contributed by atoms with Gasteiger partial charge in [0.1, 0.15) is 13.2 Å². The van der Waals surface area contributed by atoms with E-state index in [2.05, 4.69) is 27.7 Å². The molecule has 0 radical (unpaired) electrons. The summed E-state index contributed by atoms with van der Waals surface area (Å²) in [6, 6.07) is 0. The number of unbranched alkanes of at least 4 members (excludes halogenated alkanes) is 35. The number of carbonyl (C=O) groups excluding carboxylic acids is 3. The maximum atomic E-state index is 12.8. The number of hydrogen-bond acceptors (Lipinski definition) is 6. The second-order valence-electron chi connectivity index (χ2n) is 18.8. The second-order valence-corrected chi connectivity index (χ2v) is 18.8. The minimum atomic E-state index is -0.761. The van der Waals surface area contributed by atoms with E-state index in [9.17, 15) is 14.4 Å². The fraction of sp³-hybridized carbons (Fsp3) is 0.944. The summed E-state index contributed by atoms with van der Waals surface area (Å²) >= 11 is 0. The summed E-state index contributed by atoms with van der Waals surface area (Å²) in [4.78, 5) is 37.9. The molecule has 0 bridgehead atoms. The van der Waals surface area contributed by atoms with E-state index in [1.807, 2.05) is 0 Å². The van der Waals surface area contributed by atoms with Crippen LogP contribution in [-0.2, 0) is 28.6 Å². The number of hydrogen-bond donors (Lipinski definition) is 0. The Morgan fingerprint density at radius 1 is 0.333 bits per heavy atom. The highest BCUT2D eigenvalue weighted by atomic mass is 16.6. The first kappa shape index (κ1) is 58.4. The molecule has 0 aromatic heterocycles. The molecule has 0 N–H and O–H groups in total. The SMILES string of the molecule is CCCCCCCCCCCCCCCCCCCCCC(=O)OC[C@H](COC(=O)CCCCCCCCC(C)CC)OC(=O)CCCCCCCCCCCCCCC. The van der Waals surface area contributed by atoms with Crippen molar-refractivity contribution in [1.29, 1.82) is 0 Å². The van der Waals surface area contributed by atoms with Crippen molar-refractivity contribution in [2.45, 2.75) is 310 Å². The molecule has 0 rings (SSSR count). The zero-order chi connectivity index (χ0) is 43.8. The highest BCUT2D eigenvalue weighted by molar-refractivity contribution is 5.71. The van der Waals surface area contributed by atoms with Crippen molar-refractivity contribution < 1.29 is 28.6 Å². The van der Waals surface area contributed by atoms with Crippen LogP contribution in [0.25, 0.3) is 0 Å². The summed E-state index contributed by atoms with van der Waals surface area (Å²) in [5.41, 5.74) is 0. The quantitative estimate of drug-likeness (QED) is 0.0345. The Morgan fingerprint density at radius 2 is 0.583 bits per heavy atom. The minimum absolute atomic E-state index is 0.0633. The van der Waals surface area contributed by atoms with Crippen molar-refractivity contribution in [3.63, 3.8) is 0 Å². The molecule has 6 nitrogen and oxygen atoms in total. The van der Waals surface area contributed by atoms with Crippen molar-refractivity contribution >= 4 is 17.9 Å². The molecule has 1 unspecified atom stereocenters. The van der Waals surface area contributed by atoms with Gasteiger partial charge in [0.25, 0.3) is 0 Å². The predicted octanol–water partition coefficient (Wildman–Crippen LogP) is 17.5. The predicted molar refractivity (Wildman–Crippen MR) is 257 cm³/mol. The van der Waals surface area contributed by atoms with Crippen LogP contribution in [-0.4, -0.2) is 37.2 Å². The van der Waals surface area contributed by atoms with Gasteiger partial charge in [-0.05, 0) is 25.2 Å². The van der Waals surface area contributed by atoms with E-state index in [0.29, 0.717) is 19.3 Å². The van der Waals surface area contributed by atoms with Gasteiger partial charge in [0, 0.05) is 19.3 Å². The van der Waals surface area contributed by atoms with E-state index in [4.69, 9.17) is 14.2 Å². The van der Waals surface area contributed by atoms with Crippen LogP contribution in [0.4, 0.5) is 0 Å². The first-order chi connectivity index (χ1) is 29.4. The zero-order valence-electron chi connectivity index (χ0n) is 40.9. The Kier molecular flexibility index (Phi) is 47.2. The van der Waals surface area contributed by atoms with Gasteiger partial charge in [0.2, 0.25) is 0 Å². The molecular weight excluding hydrogens is 745 g/mol. The fourth-order valence-corrected chi connectivity index (χ4v) is 8.19. The molecule has 356 valence electrons. The molecular formula is C54H104O6. The molecule has 60 heavy (non-hydrogen) atoms. The van der Waals surface area contributed by atoms with Crippen LogP contribution in [0.15, 0.2) is 0 Å². The average molecular weight is 849 g/mol. The van der Waals surface area contributed by atoms with Crippen molar-refractivity contribution in [3.05, 3.63) is 0 Å². The largest absolute Gasteiger partial charge is 0.462 e. The number of esters is 3. The lowest BCUT2D eigenvalue weighted by Gasteiger charge is -2.18. The number of ether oxygens (including phenoxy) is 3. The smallest absolute Gasteiger partial charge is 0.306 e. The van der Waals surface area contributed by atoms with Gasteiger partial charge in [-0.2, -0.15) is 0 Å². The molecule has 2 atom stereocenters. The molecule has 0 saturated carbocycles. The van der Waals surface area contributed by atoms with Crippen molar-refractivity contribution in [2.24, 2.45) is 5.92 Å². The van der Waals surface area contributed by atoms with Crippen molar-refractivity contribution in [2.75, 3.05) is 13.2 Å². The van der Waals surface area contributed by atoms with Gasteiger partial charge in [-0.15, -0.1) is 0 Å². The summed E-state index contributed by atoms with van der Waals surface area (Å²) < 4.78 is 16.8. The maximum Gasteiger partial charge on any atom is 0.306 e. The summed E-state index contributed by atoms with van der Waals surface area (Å²) in [7, 11) is 0. The summed E-state index contributed by atoms with van der Waals surface area (Å²) in [5, 5.41) is 0. The highest BCUT2D eigenvalue weighted by Gasteiger charge is 2.19. The third kappa shape index (κ3) is 45.9. The van der Waals surface area contributed by atoms with Crippen LogP contribution in [0.2, 0.25) is 0 Å². The van der Waals surface area contributed by atoms with Gasteiger partial charge in [0.05, 0.1) is 0 Å². The Balaban J connectivity index is 4.24. The van der Waals surface area contributed by atoms with E-state index in [0.717, 1.165) is 63.7 Å². The molecule has 6 heteroatoms. The van der Waals surface area contributed by atoms with Crippen LogP contribution in [0, 0.1) is 5.92 Å². The average Bonchev–Trinajstić information content (AvgIpc) is 3.25. The fourth-order valence-electron chi connectivity index (χ4n) is 8.19. The summed E-state index contributed by atoms with van der Waals surface area (Å²) in [6.07, 6.45) is 50.9. The van der Waals surface area contributed by atoms with Gasteiger partial charge < -0.3 is 14.2 Å². The van der Waals surface area contributed by atoms with E-state index < -0.39 is 6.10 Å². The Hall–Kier alpha value is -1.59. The Morgan fingerprint density at radius 3 is 0.867 bits per heavy atom. The van der Waals surface area contributed by atoms with E-state index in [-0.39, 0.29) is 31.1 Å².